The van der Waals surface area contributed by atoms with Crippen LogP contribution >= 0.6 is 15.9 Å². The Morgan fingerprint density at radius 3 is 2.67 bits per heavy atom. The first kappa shape index (κ1) is 29.2. The summed E-state index contributed by atoms with van der Waals surface area (Å²) in [6.45, 7) is 3.95. The van der Waals surface area contributed by atoms with Crippen LogP contribution in [0.15, 0.2) is 53.0 Å². The number of pyridine rings is 1. The number of rotatable bonds is 9. The lowest BCUT2D eigenvalue weighted by Gasteiger charge is -2.32. The normalized spacial score (nSPS) is 17.4. The number of carbonyl (C=O) groups is 1. The molecule has 0 spiro atoms. The third-order valence-electron chi connectivity index (χ3n) is 8.17. The first-order valence-electron chi connectivity index (χ1n) is 14.3. The Morgan fingerprint density at radius 2 is 1.98 bits per heavy atom. The second-order valence-electron chi connectivity index (χ2n) is 10.9. The molecule has 4 heterocycles. The van der Waals surface area contributed by atoms with Crippen molar-refractivity contribution in [1.82, 2.24) is 19.4 Å². The molecule has 0 radical (unpaired) electrons. The van der Waals surface area contributed by atoms with Gasteiger partial charge in [-0.3, -0.25) is 4.90 Å². The first-order valence-corrected chi connectivity index (χ1v) is 15.1. The van der Waals surface area contributed by atoms with Gasteiger partial charge in [0.05, 0.1) is 54.5 Å². The Morgan fingerprint density at radius 1 is 1.16 bits per heavy atom. The Labute approximate surface area is 257 Å². The van der Waals surface area contributed by atoms with E-state index in [9.17, 15) is 9.18 Å². The lowest BCUT2D eigenvalue weighted by Crippen LogP contribution is -2.35. The van der Waals surface area contributed by atoms with Gasteiger partial charge in [0, 0.05) is 34.3 Å². The number of piperidine rings is 1. The molecule has 43 heavy (non-hydrogen) atoms. The molecule has 9 nitrogen and oxygen atoms in total. The molecule has 222 valence electrons. The fraction of sp³-hybridized carbons (Fsp3) is 0.375. The number of hydrogen-bond donors (Lipinski definition) is 0. The molecule has 2 fully saturated rings. The average Bonchev–Trinajstić information content (AvgIpc) is 3.32. The third-order valence-corrected chi connectivity index (χ3v) is 8.83. The molecular weight excluding hydrogens is 617 g/mol. The van der Waals surface area contributed by atoms with Crippen LogP contribution in [0.5, 0.6) is 5.88 Å². The van der Waals surface area contributed by atoms with E-state index in [1.165, 1.54) is 13.2 Å². The number of imidazole rings is 1. The van der Waals surface area contributed by atoms with Crippen LogP contribution in [-0.2, 0) is 29.2 Å². The molecular formula is C32H31BrFN5O4. The molecule has 2 aromatic heterocycles. The van der Waals surface area contributed by atoms with Crippen LogP contribution in [0.3, 0.4) is 0 Å². The van der Waals surface area contributed by atoms with Crippen LogP contribution in [0.4, 0.5) is 4.39 Å². The summed E-state index contributed by atoms with van der Waals surface area (Å²) in [7, 11) is 1.38. The van der Waals surface area contributed by atoms with Gasteiger partial charge in [0.1, 0.15) is 18.2 Å². The van der Waals surface area contributed by atoms with E-state index in [1.807, 2.05) is 30.3 Å². The topological polar surface area (TPSA) is 102 Å². The zero-order chi connectivity index (χ0) is 29.9. The van der Waals surface area contributed by atoms with Gasteiger partial charge in [-0.25, -0.2) is 19.2 Å². The Kier molecular flexibility index (Phi) is 8.70. The van der Waals surface area contributed by atoms with Crippen LogP contribution in [0.2, 0.25) is 0 Å². The van der Waals surface area contributed by atoms with Gasteiger partial charge < -0.3 is 18.8 Å². The van der Waals surface area contributed by atoms with Crippen LogP contribution in [0, 0.1) is 17.1 Å². The minimum absolute atomic E-state index is 0.0387. The lowest BCUT2D eigenvalue weighted by atomic mass is 9.93. The molecule has 0 saturated carbocycles. The zero-order valence-electron chi connectivity index (χ0n) is 23.8. The Balaban J connectivity index is 1.12. The Hall–Kier alpha value is -3.85. The predicted octanol–water partition coefficient (Wildman–Crippen LogP) is 5.74. The molecule has 6 rings (SSSR count). The number of methoxy groups -OCH3 is 1. The molecule has 0 unspecified atom stereocenters. The number of nitrogens with zero attached hydrogens (tertiary/aromatic N) is 5. The van der Waals surface area contributed by atoms with E-state index in [4.69, 9.17) is 29.4 Å². The van der Waals surface area contributed by atoms with Crippen molar-refractivity contribution in [2.24, 2.45) is 0 Å². The maximum absolute atomic E-state index is 14.3. The fourth-order valence-electron chi connectivity index (χ4n) is 5.63. The van der Waals surface area contributed by atoms with E-state index in [0.717, 1.165) is 61.5 Å². The van der Waals surface area contributed by atoms with E-state index in [1.54, 1.807) is 18.2 Å². The maximum Gasteiger partial charge on any atom is 0.339 e. The van der Waals surface area contributed by atoms with Crippen molar-refractivity contribution in [1.29, 1.82) is 5.26 Å². The van der Waals surface area contributed by atoms with E-state index < -0.39 is 11.8 Å². The second-order valence-corrected chi connectivity index (χ2v) is 11.7. The number of nitriles is 1. The number of ether oxygens (including phenoxy) is 3. The first-order chi connectivity index (χ1) is 20.9. The van der Waals surface area contributed by atoms with Gasteiger partial charge in [-0.1, -0.05) is 12.1 Å². The average molecular weight is 649 g/mol. The number of aromatic nitrogens is 3. The molecule has 0 aliphatic carbocycles. The highest BCUT2D eigenvalue weighted by molar-refractivity contribution is 9.10. The number of benzene rings is 2. The van der Waals surface area contributed by atoms with Crippen molar-refractivity contribution in [2.45, 2.75) is 51.0 Å². The number of likely N-dealkylation sites (tertiary alicyclic amines) is 1. The molecule has 2 aliphatic heterocycles. The van der Waals surface area contributed by atoms with Gasteiger partial charge in [-0.15, -0.1) is 0 Å². The van der Waals surface area contributed by atoms with Gasteiger partial charge in [0.15, 0.2) is 0 Å². The SMILES string of the molecule is COC(=O)c1cc2c(cc1Br)nc(CN1CCC(c3cccc(OCc4ccc(C#N)cc4F)n3)CC1)n2C[C@@H]1CCO1. The van der Waals surface area contributed by atoms with E-state index in [0.29, 0.717) is 34.6 Å². The molecule has 2 aromatic carbocycles. The van der Waals surface area contributed by atoms with Crippen LogP contribution in [-0.4, -0.2) is 58.3 Å². The monoisotopic (exact) mass is 647 g/mol. The van der Waals surface area contributed by atoms with E-state index in [2.05, 4.69) is 25.4 Å². The lowest BCUT2D eigenvalue weighted by molar-refractivity contribution is -0.0592. The fourth-order valence-corrected chi connectivity index (χ4v) is 6.12. The van der Waals surface area contributed by atoms with Crippen molar-refractivity contribution in [2.75, 3.05) is 26.8 Å². The summed E-state index contributed by atoms with van der Waals surface area (Å²) in [5, 5.41) is 8.95. The van der Waals surface area contributed by atoms with E-state index in [-0.39, 0.29) is 24.2 Å². The number of halogens is 2. The van der Waals surface area contributed by atoms with Crippen molar-refractivity contribution < 1.29 is 23.4 Å². The summed E-state index contributed by atoms with van der Waals surface area (Å²) in [6, 6.07) is 15.7. The molecule has 1 atom stereocenters. The van der Waals surface area contributed by atoms with Gasteiger partial charge in [0.25, 0.3) is 0 Å². The van der Waals surface area contributed by atoms with Crippen molar-refractivity contribution in [3.8, 4) is 11.9 Å². The zero-order valence-corrected chi connectivity index (χ0v) is 25.3. The van der Waals surface area contributed by atoms with Gasteiger partial charge in [0.2, 0.25) is 5.88 Å². The van der Waals surface area contributed by atoms with E-state index >= 15 is 0 Å². The minimum Gasteiger partial charge on any atom is -0.473 e. The van der Waals surface area contributed by atoms with Gasteiger partial charge >= 0.3 is 5.97 Å². The smallest absolute Gasteiger partial charge is 0.339 e. The molecule has 0 amide bonds. The minimum atomic E-state index is -0.465. The molecule has 11 heteroatoms. The van der Waals surface area contributed by atoms with Gasteiger partial charge in [-0.2, -0.15) is 5.26 Å². The molecule has 0 N–H and O–H groups in total. The third kappa shape index (κ3) is 6.42. The summed E-state index contributed by atoms with van der Waals surface area (Å²) in [6.07, 6.45) is 3.01. The highest BCUT2D eigenvalue weighted by Gasteiger charge is 2.27. The molecule has 0 bridgehead atoms. The van der Waals surface area contributed by atoms with Crippen LogP contribution in [0.25, 0.3) is 11.0 Å². The summed E-state index contributed by atoms with van der Waals surface area (Å²) >= 11 is 3.50. The molecule has 2 aliphatic rings. The highest BCUT2D eigenvalue weighted by Crippen LogP contribution is 2.31. The largest absolute Gasteiger partial charge is 0.473 e. The standard InChI is InChI=1S/C32H31BrFN5O4/c1-41-32(40)24-14-29-28(15-25(24)33)36-30(39(29)17-23-9-12-42-23)18-38-10-7-21(8-11-38)27-3-2-4-31(37-27)43-19-22-6-5-20(16-35)13-26(22)34/h2-6,13-15,21,23H,7-12,17-19H2,1H3/t23-/m0/s1. The van der Waals surface area contributed by atoms with Crippen LogP contribution in [0.1, 0.15) is 58.2 Å². The van der Waals surface area contributed by atoms with Gasteiger partial charge in [-0.05, 0) is 78.6 Å². The second kappa shape index (κ2) is 12.8. The molecule has 2 saturated heterocycles. The summed E-state index contributed by atoms with van der Waals surface area (Å²) in [4.78, 5) is 24.5. The van der Waals surface area contributed by atoms with Crippen molar-refractivity contribution >= 4 is 32.9 Å². The van der Waals surface area contributed by atoms with Crippen molar-refractivity contribution in [3.63, 3.8) is 0 Å². The quantitative estimate of drug-likeness (QED) is 0.212. The van der Waals surface area contributed by atoms with Crippen molar-refractivity contribution in [3.05, 3.63) is 87.0 Å². The summed E-state index contributed by atoms with van der Waals surface area (Å²) < 4.78 is 33.6. The Bertz CT molecular complexity index is 1690. The number of hydrogen-bond acceptors (Lipinski definition) is 8. The summed E-state index contributed by atoms with van der Waals surface area (Å²) in [5.41, 5.74) is 3.81. The maximum atomic E-state index is 14.3. The summed E-state index contributed by atoms with van der Waals surface area (Å²) in [5.74, 6) is 0.823. The number of fused-ring (bicyclic) bond motifs is 1. The predicted molar refractivity (Wildman–Crippen MR) is 160 cm³/mol. The molecule has 4 aromatic rings. The van der Waals surface area contributed by atoms with Crippen LogP contribution < -0.4 is 4.74 Å². The highest BCUT2D eigenvalue weighted by atomic mass is 79.9. The number of esters is 1. The number of carbonyl (C=O) groups excluding carboxylic acids is 1.